The minimum absolute atomic E-state index is 0.0845. The Morgan fingerprint density at radius 3 is 2.69 bits per heavy atom. The van der Waals surface area contributed by atoms with Crippen molar-refractivity contribution in [3.63, 3.8) is 0 Å². The number of nitrogens with zero attached hydrogens (tertiary/aromatic N) is 9. The highest BCUT2D eigenvalue weighted by atomic mass is 19.1. The number of methoxy groups -OCH3 is 1. The van der Waals surface area contributed by atoms with E-state index >= 15 is 4.39 Å². The molecule has 0 saturated carbocycles. The normalized spacial score (nSPS) is 20.6. The lowest BCUT2D eigenvalue weighted by Gasteiger charge is -2.31. The number of amides is 1. The molecule has 15 heteroatoms. The van der Waals surface area contributed by atoms with Gasteiger partial charge in [-0.1, -0.05) is 18.9 Å². The van der Waals surface area contributed by atoms with Gasteiger partial charge in [-0.05, 0) is 56.5 Å². The van der Waals surface area contributed by atoms with Gasteiger partial charge in [0.05, 0.1) is 47.6 Å². The fourth-order valence-corrected chi connectivity index (χ4v) is 8.26. The molecule has 3 aliphatic rings. The molecule has 1 fully saturated rings. The van der Waals surface area contributed by atoms with Gasteiger partial charge in [0.1, 0.15) is 52.4 Å². The van der Waals surface area contributed by atoms with E-state index in [0.717, 1.165) is 31.2 Å². The zero-order chi connectivity index (χ0) is 37.8. The second-order valence-corrected chi connectivity index (χ2v) is 14.7. The molecule has 1 amide bonds. The minimum Gasteiger partial charge on any atom is -0.491 e. The lowest BCUT2D eigenvalue weighted by Crippen LogP contribution is -2.47. The third-order valence-corrected chi connectivity index (χ3v) is 11.0. The highest BCUT2D eigenvalue weighted by Crippen LogP contribution is 2.36. The Morgan fingerprint density at radius 2 is 1.82 bits per heavy atom. The summed E-state index contributed by atoms with van der Waals surface area (Å²) >= 11 is 0. The second kappa shape index (κ2) is 14.2. The number of ether oxygens (including phenoxy) is 2. The number of rotatable bonds is 2. The van der Waals surface area contributed by atoms with E-state index in [1.54, 1.807) is 36.0 Å². The first-order valence-corrected chi connectivity index (χ1v) is 18.9. The number of likely N-dealkylation sites (N-methyl/N-ethyl adjacent to an activating group) is 1. The number of hydrogen-bond donors (Lipinski definition) is 1. The van der Waals surface area contributed by atoms with Crippen LogP contribution in [0, 0.1) is 18.6 Å². The zero-order valence-electron chi connectivity index (χ0n) is 31.0. The molecule has 7 heterocycles. The fourth-order valence-electron chi connectivity index (χ4n) is 8.26. The molecule has 6 bridgehead atoms. The molecule has 0 spiro atoms. The van der Waals surface area contributed by atoms with Crippen molar-refractivity contribution in [1.82, 2.24) is 39.2 Å². The number of aryl methyl sites for hydroxylation is 2. The lowest BCUT2D eigenvalue weighted by molar-refractivity contribution is -0.132. The molecule has 4 aromatic heterocycles. The molecule has 6 aromatic rings. The molecule has 284 valence electrons. The molecule has 1 N–H and O–H groups in total. The summed E-state index contributed by atoms with van der Waals surface area (Å²) in [4.78, 5) is 38.3. The molecule has 9 rings (SSSR count). The number of aromatic nitrogens is 7. The van der Waals surface area contributed by atoms with Crippen LogP contribution in [0.1, 0.15) is 43.8 Å². The summed E-state index contributed by atoms with van der Waals surface area (Å²) in [6.07, 6.45) is 6.06. The van der Waals surface area contributed by atoms with Crippen LogP contribution in [0.15, 0.2) is 54.7 Å². The molecule has 1 saturated heterocycles. The van der Waals surface area contributed by atoms with Gasteiger partial charge in [-0.25, -0.2) is 33.4 Å². The first-order valence-electron chi connectivity index (χ1n) is 18.9. The molecule has 0 aliphatic carbocycles. The fraction of sp³-hybridized carbons (Fsp3) is 0.400. The van der Waals surface area contributed by atoms with Gasteiger partial charge in [-0.3, -0.25) is 4.79 Å². The van der Waals surface area contributed by atoms with Gasteiger partial charge in [0.15, 0.2) is 5.65 Å². The van der Waals surface area contributed by atoms with E-state index in [1.807, 2.05) is 29.7 Å². The predicted octanol–water partition coefficient (Wildman–Crippen LogP) is 5.86. The molecule has 0 unspecified atom stereocenters. The maximum Gasteiger partial charge on any atom is 0.245 e. The van der Waals surface area contributed by atoms with Crippen LogP contribution in [0.5, 0.6) is 5.75 Å². The third kappa shape index (κ3) is 6.49. The van der Waals surface area contributed by atoms with Crippen LogP contribution in [0.25, 0.3) is 39.0 Å². The third-order valence-electron chi connectivity index (χ3n) is 11.0. The van der Waals surface area contributed by atoms with Crippen LogP contribution >= 0.6 is 0 Å². The van der Waals surface area contributed by atoms with Crippen molar-refractivity contribution < 1.29 is 23.0 Å². The topological polar surface area (TPSA) is 128 Å². The predicted molar refractivity (Wildman–Crippen MR) is 204 cm³/mol. The summed E-state index contributed by atoms with van der Waals surface area (Å²) in [6.45, 7) is 3.47. The van der Waals surface area contributed by atoms with Gasteiger partial charge in [0.25, 0.3) is 0 Å². The Balaban J connectivity index is 1.16. The van der Waals surface area contributed by atoms with Crippen molar-refractivity contribution in [2.45, 2.75) is 70.2 Å². The maximum absolute atomic E-state index is 15.1. The Bertz CT molecular complexity index is 2430. The summed E-state index contributed by atoms with van der Waals surface area (Å²) in [5.74, 6) is 2.06. The van der Waals surface area contributed by atoms with E-state index in [2.05, 4.69) is 10.2 Å². The van der Waals surface area contributed by atoms with Gasteiger partial charge in [0, 0.05) is 57.4 Å². The number of benzene rings is 2. The van der Waals surface area contributed by atoms with Crippen molar-refractivity contribution >= 4 is 39.6 Å². The van der Waals surface area contributed by atoms with Crippen molar-refractivity contribution in [2.75, 3.05) is 44.1 Å². The maximum atomic E-state index is 15.1. The van der Waals surface area contributed by atoms with E-state index in [4.69, 9.17) is 34.5 Å². The van der Waals surface area contributed by atoms with Crippen LogP contribution < -0.4 is 15.0 Å². The van der Waals surface area contributed by atoms with Crippen molar-refractivity contribution in [1.29, 1.82) is 0 Å². The smallest absolute Gasteiger partial charge is 0.245 e. The molecular formula is C40H42F2N10O3. The molecule has 0 radical (unpaired) electrons. The van der Waals surface area contributed by atoms with Crippen LogP contribution in [0.2, 0.25) is 0 Å². The number of fused-ring (bicyclic) bond motifs is 8. The Morgan fingerprint density at radius 1 is 0.945 bits per heavy atom. The van der Waals surface area contributed by atoms with Crippen LogP contribution in [0.3, 0.4) is 0 Å². The number of imidazole rings is 1. The second-order valence-electron chi connectivity index (χ2n) is 14.7. The van der Waals surface area contributed by atoms with E-state index in [9.17, 15) is 9.18 Å². The Labute approximate surface area is 316 Å². The molecular weight excluding hydrogens is 707 g/mol. The van der Waals surface area contributed by atoms with Crippen LogP contribution in [-0.4, -0.2) is 97.1 Å². The first-order chi connectivity index (χ1) is 26.7. The highest BCUT2D eigenvalue weighted by Gasteiger charge is 2.41. The Hall–Kier alpha value is -5.70. The van der Waals surface area contributed by atoms with Crippen molar-refractivity contribution in [3.05, 3.63) is 78.0 Å². The number of pyridine rings is 1. The van der Waals surface area contributed by atoms with Gasteiger partial charge in [0.2, 0.25) is 5.91 Å². The zero-order valence-corrected chi connectivity index (χ0v) is 31.0. The van der Waals surface area contributed by atoms with E-state index in [-0.39, 0.29) is 11.9 Å². The lowest BCUT2D eigenvalue weighted by atomic mass is 10.1. The molecule has 3 aliphatic heterocycles. The van der Waals surface area contributed by atoms with Crippen LogP contribution in [0.4, 0.5) is 20.4 Å². The number of hydrogen-bond acceptors (Lipinski definition) is 10. The average Bonchev–Trinajstić information content (AvgIpc) is 3.87. The number of anilines is 2. The van der Waals surface area contributed by atoms with E-state index < -0.39 is 23.8 Å². The van der Waals surface area contributed by atoms with Gasteiger partial charge < -0.3 is 29.2 Å². The summed E-state index contributed by atoms with van der Waals surface area (Å²) in [7, 11) is 3.43. The molecule has 13 nitrogen and oxygen atoms in total. The molecule has 3 atom stereocenters. The van der Waals surface area contributed by atoms with Gasteiger partial charge >= 0.3 is 0 Å². The van der Waals surface area contributed by atoms with Gasteiger partial charge in [-0.2, -0.15) is 5.10 Å². The largest absolute Gasteiger partial charge is 0.491 e. The Kier molecular flexibility index (Phi) is 9.03. The number of carbonyl (C=O) groups excluding carboxylic acids is 1. The number of nitrogens with one attached hydrogen (secondary N) is 1. The summed E-state index contributed by atoms with van der Waals surface area (Å²) in [6, 6.07) is 12.2. The van der Waals surface area contributed by atoms with Gasteiger partial charge in [-0.15, -0.1) is 0 Å². The van der Waals surface area contributed by atoms with Crippen molar-refractivity contribution in [3.8, 4) is 22.7 Å². The highest BCUT2D eigenvalue weighted by molar-refractivity contribution is 5.94. The molecule has 2 aromatic carbocycles. The SMILES string of the molecule is CO[C@H]1CN(C)C(=O)[C@@H]2C[C@@H](CN2c2nc3nc4c2cnn4-c2ccc(F)cc2OCCCCCC3)Nc2cccc(n2)-c2cc(F)cc3nc(C)n(c23)C1. The number of carbonyl (C=O) groups is 1. The van der Waals surface area contributed by atoms with Crippen molar-refractivity contribution in [2.24, 2.45) is 0 Å². The summed E-state index contributed by atoms with van der Waals surface area (Å²) in [5.41, 5.74) is 3.63. The summed E-state index contributed by atoms with van der Waals surface area (Å²) < 4.78 is 45.4. The first kappa shape index (κ1) is 35.0. The standard InChI is InChI=1S/C40H42F2N10O3/c1-23-44-31-16-25(42)15-28-30-9-8-11-35(46-30)45-26-18-33(40(53)49(2)21-27(54-3)22-50(23)37(28)31)51(20-26)38-29-19-43-52-32-13-12-24(41)17-34(32)55-14-7-5-4-6-10-36(47-38)48-39(29)52/h8-9,11-13,15-17,19,26-27,33H,4-7,10,14,18,20-22H2,1-3H3,(H,45,46)/t26-,27-,33-/m0/s1. The van der Waals surface area contributed by atoms with E-state index in [0.29, 0.717) is 102 Å². The summed E-state index contributed by atoms with van der Waals surface area (Å²) in [5, 5.41) is 9.01. The minimum atomic E-state index is -0.595. The molecule has 55 heavy (non-hydrogen) atoms. The number of halogens is 2. The monoisotopic (exact) mass is 748 g/mol. The van der Waals surface area contributed by atoms with E-state index in [1.165, 1.54) is 24.3 Å². The van der Waals surface area contributed by atoms with Crippen LogP contribution in [-0.2, 0) is 22.5 Å². The quantitative estimate of drug-likeness (QED) is 0.230. The average molecular weight is 749 g/mol.